The van der Waals surface area contributed by atoms with Crippen molar-refractivity contribution in [2.75, 3.05) is 6.54 Å². The zero-order chi connectivity index (χ0) is 9.97. The molecule has 4 heteroatoms. The van der Waals surface area contributed by atoms with Crippen LogP contribution in [0.5, 0.6) is 0 Å². The number of carbonyl (C=O) groups is 1. The molecule has 0 aromatic rings. The van der Waals surface area contributed by atoms with Crippen LogP contribution >= 0.6 is 0 Å². The van der Waals surface area contributed by atoms with Crippen LogP contribution in [-0.4, -0.2) is 18.5 Å². The lowest BCUT2D eigenvalue weighted by Gasteiger charge is -2.41. The summed E-state index contributed by atoms with van der Waals surface area (Å²) >= 11 is 0. The molecule has 1 saturated carbocycles. The predicted octanol–water partition coefficient (Wildman–Crippen LogP) is 0.145. The van der Waals surface area contributed by atoms with E-state index < -0.39 is 0 Å². The lowest BCUT2D eigenvalue weighted by atomic mass is 9.72. The van der Waals surface area contributed by atoms with Gasteiger partial charge in [0.15, 0.2) is 0 Å². The third kappa shape index (κ3) is 1.77. The topological polar surface area (TPSA) is 67.1 Å². The summed E-state index contributed by atoms with van der Waals surface area (Å²) in [7, 11) is 0. The minimum absolute atomic E-state index is 0.0309. The van der Waals surface area contributed by atoms with Crippen LogP contribution in [0.25, 0.3) is 0 Å². The maximum atomic E-state index is 11.6. The van der Waals surface area contributed by atoms with Crippen LogP contribution in [-0.2, 0) is 4.79 Å². The molecule has 2 rings (SSSR count). The van der Waals surface area contributed by atoms with Gasteiger partial charge in [-0.2, -0.15) is 0 Å². The maximum Gasteiger partial charge on any atom is 0.237 e. The largest absolute Gasteiger partial charge is 0.314 e. The number of hydrazine groups is 1. The van der Waals surface area contributed by atoms with Crippen LogP contribution in [0, 0.1) is 11.8 Å². The van der Waals surface area contributed by atoms with E-state index >= 15 is 0 Å². The molecule has 0 spiro atoms. The van der Waals surface area contributed by atoms with E-state index in [0.29, 0.717) is 12.0 Å². The van der Waals surface area contributed by atoms with E-state index in [0.717, 1.165) is 13.0 Å². The van der Waals surface area contributed by atoms with Crippen molar-refractivity contribution < 1.29 is 4.79 Å². The Labute approximate surface area is 84.6 Å². The summed E-state index contributed by atoms with van der Waals surface area (Å²) in [6, 6.07) is 0.555. The van der Waals surface area contributed by atoms with Gasteiger partial charge in [-0.05, 0) is 31.7 Å². The first-order chi connectivity index (χ1) is 6.83. The molecule has 0 aromatic heterocycles. The molecule has 3 unspecified atom stereocenters. The van der Waals surface area contributed by atoms with Crippen LogP contribution < -0.4 is 16.6 Å². The van der Waals surface area contributed by atoms with Gasteiger partial charge in [0.2, 0.25) is 5.91 Å². The van der Waals surface area contributed by atoms with Gasteiger partial charge in [0.05, 0.1) is 0 Å². The van der Waals surface area contributed by atoms with Crippen molar-refractivity contribution in [1.82, 2.24) is 10.7 Å². The Morgan fingerprint density at radius 3 is 2.86 bits per heavy atom. The van der Waals surface area contributed by atoms with Crippen LogP contribution in [0.3, 0.4) is 0 Å². The second kappa shape index (κ2) is 4.28. The van der Waals surface area contributed by atoms with Crippen molar-refractivity contribution in [3.63, 3.8) is 0 Å². The standard InChI is InChI=1S/C10H19N3O/c11-13-10(14)8-5-6-12-9-4-2-1-3-7(8)9/h7-9,12H,1-6,11H2,(H,13,14). The fourth-order valence-electron chi connectivity index (χ4n) is 2.97. The number of amides is 1. The molecule has 1 amide bonds. The highest BCUT2D eigenvalue weighted by Crippen LogP contribution is 2.34. The van der Waals surface area contributed by atoms with Crippen molar-refractivity contribution in [3.05, 3.63) is 0 Å². The Balaban J connectivity index is 2.04. The maximum absolute atomic E-state index is 11.6. The van der Waals surface area contributed by atoms with Crippen molar-refractivity contribution in [1.29, 1.82) is 0 Å². The molecule has 1 saturated heterocycles. The average Bonchev–Trinajstić information content (AvgIpc) is 2.27. The van der Waals surface area contributed by atoms with Crippen molar-refractivity contribution in [2.24, 2.45) is 17.7 Å². The van der Waals surface area contributed by atoms with Gasteiger partial charge in [-0.15, -0.1) is 0 Å². The van der Waals surface area contributed by atoms with Gasteiger partial charge in [0.1, 0.15) is 0 Å². The molecule has 3 atom stereocenters. The van der Waals surface area contributed by atoms with Gasteiger partial charge in [-0.1, -0.05) is 12.8 Å². The molecule has 1 heterocycles. The van der Waals surface area contributed by atoms with E-state index in [4.69, 9.17) is 5.84 Å². The number of nitrogens with two attached hydrogens (primary N) is 1. The highest BCUT2D eigenvalue weighted by atomic mass is 16.2. The molecule has 4 N–H and O–H groups in total. The van der Waals surface area contributed by atoms with Crippen LogP contribution in [0.15, 0.2) is 0 Å². The lowest BCUT2D eigenvalue weighted by molar-refractivity contribution is -0.128. The highest BCUT2D eigenvalue weighted by Gasteiger charge is 2.37. The highest BCUT2D eigenvalue weighted by molar-refractivity contribution is 5.78. The van der Waals surface area contributed by atoms with Crippen LogP contribution in [0.2, 0.25) is 0 Å². The number of carbonyl (C=O) groups excluding carboxylic acids is 1. The van der Waals surface area contributed by atoms with Gasteiger partial charge in [0.25, 0.3) is 0 Å². The molecular weight excluding hydrogens is 178 g/mol. The lowest BCUT2D eigenvalue weighted by Crippen LogP contribution is -2.52. The van der Waals surface area contributed by atoms with E-state index in [-0.39, 0.29) is 11.8 Å². The predicted molar refractivity (Wildman–Crippen MR) is 54.2 cm³/mol. The summed E-state index contributed by atoms with van der Waals surface area (Å²) in [6.07, 6.45) is 5.89. The molecule has 0 radical (unpaired) electrons. The molecular formula is C10H19N3O. The van der Waals surface area contributed by atoms with E-state index in [1.54, 1.807) is 0 Å². The molecule has 0 aromatic carbocycles. The number of hydrogen-bond acceptors (Lipinski definition) is 3. The summed E-state index contributed by atoms with van der Waals surface area (Å²) in [5, 5.41) is 3.51. The Bertz CT molecular complexity index is 217. The fraction of sp³-hybridized carbons (Fsp3) is 0.900. The van der Waals surface area contributed by atoms with Crippen LogP contribution in [0.4, 0.5) is 0 Å². The van der Waals surface area contributed by atoms with Crippen LogP contribution in [0.1, 0.15) is 32.1 Å². The first-order valence-corrected chi connectivity index (χ1v) is 5.57. The van der Waals surface area contributed by atoms with Gasteiger partial charge >= 0.3 is 0 Å². The smallest absolute Gasteiger partial charge is 0.237 e. The summed E-state index contributed by atoms with van der Waals surface area (Å²) in [4.78, 5) is 11.6. The van der Waals surface area contributed by atoms with Crippen molar-refractivity contribution >= 4 is 5.91 Å². The molecule has 1 aliphatic carbocycles. The van der Waals surface area contributed by atoms with Crippen molar-refractivity contribution in [3.8, 4) is 0 Å². The number of fused-ring (bicyclic) bond motifs is 1. The molecule has 80 valence electrons. The van der Waals surface area contributed by atoms with Gasteiger partial charge in [-0.25, -0.2) is 5.84 Å². The SMILES string of the molecule is NNC(=O)C1CCNC2CCCCC21. The second-order valence-electron chi connectivity index (χ2n) is 4.41. The fourth-order valence-corrected chi connectivity index (χ4v) is 2.97. The Hall–Kier alpha value is -0.610. The van der Waals surface area contributed by atoms with E-state index in [9.17, 15) is 4.79 Å². The summed E-state index contributed by atoms with van der Waals surface area (Å²) in [6.45, 7) is 0.958. The normalized spacial score (nSPS) is 37.4. The number of rotatable bonds is 1. The number of piperidine rings is 1. The Kier molecular flexibility index (Phi) is 3.03. The Morgan fingerprint density at radius 1 is 1.29 bits per heavy atom. The molecule has 0 bridgehead atoms. The third-order valence-corrected chi connectivity index (χ3v) is 3.68. The third-order valence-electron chi connectivity index (χ3n) is 3.68. The monoisotopic (exact) mass is 197 g/mol. The molecule has 14 heavy (non-hydrogen) atoms. The molecule has 4 nitrogen and oxygen atoms in total. The van der Waals surface area contributed by atoms with Gasteiger partial charge in [-0.3, -0.25) is 10.2 Å². The quantitative estimate of drug-likeness (QED) is 0.318. The minimum atomic E-state index is 0.0309. The van der Waals surface area contributed by atoms with Crippen molar-refractivity contribution in [2.45, 2.75) is 38.1 Å². The minimum Gasteiger partial charge on any atom is -0.314 e. The second-order valence-corrected chi connectivity index (χ2v) is 4.41. The summed E-state index contributed by atoms with van der Waals surface area (Å²) in [5.74, 6) is 5.90. The van der Waals surface area contributed by atoms with E-state index in [1.165, 1.54) is 25.7 Å². The molecule has 2 aliphatic rings. The van der Waals surface area contributed by atoms with E-state index in [1.807, 2.05) is 0 Å². The van der Waals surface area contributed by atoms with Gasteiger partial charge in [0, 0.05) is 12.0 Å². The first-order valence-electron chi connectivity index (χ1n) is 5.57. The summed E-state index contributed by atoms with van der Waals surface area (Å²) < 4.78 is 0. The van der Waals surface area contributed by atoms with Gasteiger partial charge < -0.3 is 5.32 Å². The number of hydrogen-bond donors (Lipinski definition) is 3. The molecule has 2 fully saturated rings. The molecule has 1 aliphatic heterocycles. The summed E-state index contributed by atoms with van der Waals surface area (Å²) in [5.41, 5.74) is 2.30. The first kappa shape index (κ1) is 9.93. The number of nitrogens with one attached hydrogen (secondary N) is 2. The zero-order valence-electron chi connectivity index (χ0n) is 8.46. The van der Waals surface area contributed by atoms with E-state index in [2.05, 4.69) is 10.7 Å². The zero-order valence-corrected chi connectivity index (χ0v) is 8.46. The average molecular weight is 197 g/mol. The Morgan fingerprint density at radius 2 is 2.07 bits per heavy atom.